The summed E-state index contributed by atoms with van der Waals surface area (Å²) in [4.78, 5) is 26.8. The highest BCUT2D eigenvalue weighted by Crippen LogP contribution is 2.34. The van der Waals surface area contributed by atoms with E-state index in [1.807, 2.05) is 36.4 Å². The van der Waals surface area contributed by atoms with Crippen molar-refractivity contribution in [3.05, 3.63) is 35.0 Å². The second-order valence-electron chi connectivity index (χ2n) is 4.21. The Morgan fingerprint density at radius 2 is 2.05 bits per heavy atom. The topological polar surface area (TPSA) is 60.9 Å². The lowest BCUT2D eigenvalue weighted by molar-refractivity contribution is -0.137. The first-order valence-corrected chi connectivity index (χ1v) is 7.37. The summed E-state index contributed by atoms with van der Waals surface area (Å²) in [5.41, 5.74) is 0.810. The number of thioether (sulfide) groups is 1. The van der Waals surface area contributed by atoms with Crippen LogP contribution in [0.1, 0.15) is 13.3 Å². The molecule has 7 heteroatoms. The third-order valence-corrected chi connectivity index (χ3v) is 4.40. The molecule has 0 aromatic heterocycles. The van der Waals surface area contributed by atoms with E-state index in [9.17, 15) is 9.59 Å². The van der Waals surface area contributed by atoms with Crippen LogP contribution in [-0.4, -0.2) is 44.2 Å². The smallest absolute Gasteiger partial charge is 0.305 e. The van der Waals surface area contributed by atoms with E-state index in [0.717, 1.165) is 12.1 Å². The van der Waals surface area contributed by atoms with Crippen molar-refractivity contribution in [1.82, 2.24) is 9.80 Å². The van der Waals surface area contributed by atoms with Gasteiger partial charge in [0.1, 0.15) is 4.32 Å². The maximum absolute atomic E-state index is 12.3. The summed E-state index contributed by atoms with van der Waals surface area (Å²) in [5.74, 6) is -1.15. The zero-order valence-electron chi connectivity index (χ0n) is 10.9. The minimum absolute atomic E-state index is 0.107. The number of amides is 1. The number of carboxylic acids is 1. The molecule has 1 saturated heterocycles. The largest absolute Gasteiger partial charge is 0.481 e. The fraction of sp³-hybridized carbons (Fsp3) is 0.308. The van der Waals surface area contributed by atoms with Gasteiger partial charge in [0.25, 0.3) is 5.91 Å². The van der Waals surface area contributed by atoms with Gasteiger partial charge in [-0.3, -0.25) is 14.5 Å². The maximum atomic E-state index is 12.3. The minimum atomic E-state index is -0.942. The van der Waals surface area contributed by atoms with Crippen molar-refractivity contribution in [2.45, 2.75) is 13.3 Å². The highest BCUT2D eigenvalue weighted by atomic mass is 32.2. The van der Waals surface area contributed by atoms with Crippen LogP contribution in [0.2, 0.25) is 0 Å². The van der Waals surface area contributed by atoms with E-state index in [1.54, 1.807) is 0 Å². The van der Waals surface area contributed by atoms with Gasteiger partial charge >= 0.3 is 5.97 Å². The molecule has 0 unspecified atom stereocenters. The molecule has 0 aliphatic carbocycles. The van der Waals surface area contributed by atoms with E-state index in [-0.39, 0.29) is 18.9 Å². The predicted molar refractivity (Wildman–Crippen MR) is 81.8 cm³/mol. The number of hydrogen-bond donors (Lipinski definition) is 1. The average Bonchev–Trinajstić information content (AvgIpc) is 2.72. The third-order valence-electron chi connectivity index (χ3n) is 2.92. The van der Waals surface area contributed by atoms with Crippen LogP contribution in [-0.2, 0) is 9.59 Å². The van der Waals surface area contributed by atoms with Gasteiger partial charge in [0.2, 0.25) is 0 Å². The van der Waals surface area contributed by atoms with Crippen molar-refractivity contribution in [3.63, 3.8) is 0 Å². The number of rotatable bonds is 4. The minimum Gasteiger partial charge on any atom is -0.481 e. The lowest BCUT2D eigenvalue weighted by Gasteiger charge is -2.16. The van der Waals surface area contributed by atoms with Crippen molar-refractivity contribution in [2.75, 3.05) is 13.1 Å². The quantitative estimate of drug-likeness (QED) is 0.632. The van der Waals surface area contributed by atoms with Crippen LogP contribution in [0, 0.1) is 0 Å². The Balaban J connectivity index is 2.16. The molecule has 1 fully saturated rings. The van der Waals surface area contributed by atoms with Crippen LogP contribution in [0.15, 0.2) is 35.0 Å². The summed E-state index contributed by atoms with van der Waals surface area (Å²) in [5, 5.41) is 8.69. The summed E-state index contributed by atoms with van der Waals surface area (Å²) in [6.07, 6.45) is 7.43. The van der Waals surface area contributed by atoms with E-state index in [4.69, 9.17) is 17.3 Å². The first kappa shape index (κ1) is 14.8. The van der Waals surface area contributed by atoms with Crippen LogP contribution in [0.5, 0.6) is 0 Å². The van der Waals surface area contributed by atoms with E-state index in [1.165, 1.54) is 16.7 Å². The van der Waals surface area contributed by atoms with Crippen LogP contribution in [0.4, 0.5) is 0 Å². The molecule has 2 aliphatic rings. The van der Waals surface area contributed by atoms with Gasteiger partial charge in [-0.2, -0.15) is 0 Å². The summed E-state index contributed by atoms with van der Waals surface area (Å²) >= 11 is 6.37. The van der Waals surface area contributed by atoms with Crippen LogP contribution in [0.3, 0.4) is 0 Å². The molecule has 2 aliphatic heterocycles. The molecule has 0 radical (unpaired) electrons. The van der Waals surface area contributed by atoms with Crippen molar-refractivity contribution >= 4 is 40.2 Å². The number of aliphatic carboxylic acids is 1. The van der Waals surface area contributed by atoms with E-state index >= 15 is 0 Å². The van der Waals surface area contributed by atoms with Crippen molar-refractivity contribution in [2.24, 2.45) is 0 Å². The van der Waals surface area contributed by atoms with Crippen molar-refractivity contribution in [3.8, 4) is 0 Å². The summed E-state index contributed by atoms with van der Waals surface area (Å²) < 4.78 is 0.415. The highest BCUT2D eigenvalue weighted by molar-refractivity contribution is 8.26. The standard InChI is InChI=1S/C13H14N2O3S2/c1-2-14-6-3-9(4-7-14)11-12(18)15(13(19)20-11)8-5-10(16)17/h3-4,6-7H,2,5,8H2,1H3,(H,16,17). The first-order chi connectivity index (χ1) is 9.52. The van der Waals surface area contributed by atoms with E-state index < -0.39 is 5.97 Å². The number of nitrogens with zero attached hydrogens (tertiary/aromatic N) is 2. The molecule has 20 heavy (non-hydrogen) atoms. The molecule has 0 atom stereocenters. The van der Waals surface area contributed by atoms with E-state index in [2.05, 4.69) is 0 Å². The van der Waals surface area contributed by atoms with Gasteiger partial charge in [-0.05, 0) is 24.6 Å². The fourth-order valence-electron chi connectivity index (χ4n) is 1.79. The average molecular weight is 310 g/mol. The van der Waals surface area contributed by atoms with Gasteiger partial charge in [0, 0.05) is 25.5 Å². The number of allylic oxidation sites excluding steroid dienone is 3. The zero-order chi connectivity index (χ0) is 14.7. The van der Waals surface area contributed by atoms with Gasteiger partial charge in [-0.25, -0.2) is 0 Å². The molecule has 1 N–H and O–H groups in total. The van der Waals surface area contributed by atoms with E-state index in [0.29, 0.717) is 9.23 Å². The molecular formula is C13H14N2O3S2. The Kier molecular flexibility index (Phi) is 4.61. The molecule has 0 aromatic rings. The zero-order valence-corrected chi connectivity index (χ0v) is 12.5. The van der Waals surface area contributed by atoms with Crippen LogP contribution < -0.4 is 0 Å². The fourth-order valence-corrected chi connectivity index (χ4v) is 3.13. The Morgan fingerprint density at radius 1 is 1.40 bits per heavy atom. The van der Waals surface area contributed by atoms with Gasteiger partial charge < -0.3 is 10.0 Å². The Morgan fingerprint density at radius 3 is 2.60 bits per heavy atom. The van der Waals surface area contributed by atoms with Crippen molar-refractivity contribution in [1.29, 1.82) is 0 Å². The number of carboxylic acid groups (broad SMARTS) is 1. The maximum Gasteiger partial charge on any atom is 0.305 e. The van der Waals surface area contributed by atoms with Gasteiger partial charge in [0.15, 0.2) is 0 Å². The lowest BCUT2D eigenvalue weighted by Crippen LogP contribution is -2.30. The van der Waals surface area contributed by atoms with Gasteiger partial charge in [-0.1, -0.05) is 24.0 Å². The molecule has 2 heterocycles. The second-order valence-corrected chi connectivity index (χ2v) is 5.86. The normalized spacial score (nSPS) is 18.4. The number of hydrogen-bond acceptors (Lipinski definition) is 5. The summed E-state index contributed by atoms with van der Waals surface area (Å²) in [7, 11) is 0. The van der Waals surface area contributed by atoms with Gasteiger partial charge in [0.05, 0.1) is 11.3 Å². The monoisotopic (exact) mass is 310 g/mol. The second kappa shape index (κ2) is 6.23. The molecule has 1 amide bonds. The Bertz CT molecular complexity index is 536. The molecule has 106 valence electrons. The predicted octanol–water partition coefficient (Wildman–Crippen LogP) is 1.94. The number of carbonyl (C=O) groups is 2. The Labute approximate surface area is 126 Å². The highest BCUT2D eigenvalue weighted by Gasteiger charge is 2.33. The summed E-state index contributed by atoms with van der Waals surface area (Å²) in [6.45, 7) is 3.01. The molecule has 0 spiro atoms. The molecule has 0 saturated carbocycles. The van der Waals surface area contributed by atoms with Gasteiger partial charge in [-0.15, -0.1) is 0 Å². The third kappa shape index (κ3) is 3.10. The number of thiocarbonyl (C=S) groups is 1. The molecule has 0 bridgehead atoms. The lowest BCUT2D eigenvalue weighted by atomic mass is 10.2. The molecule has 2 rings (SSSR count). The van der Waals surface area contributed by atoms with Crippen molar-refractivity contribution < 1.29 is 14.7 Å². The molecule has 0 aromatic carbocycles. The number of carbonyl (C=O) groups excluding carboxylic acids is 1. The first-order valence-electron chi connectivity index (χ1n) is 6.14. The van der Waals surface area contributed by atoms with Crippen LogP contribution >= 0.6 is 24.0 Å². The SMILES string of the molecule is CCN1C=CC(=C2SC(=S)N(CCC(=O)O)C2=O)C=C1. The van der Waals surface area contributed by atoms with Crippen LogP contribution in [0.25, 0.3) is 0 Å². The molecule has 5 nitrogen and oxygen atoms in total. The summed E-state index contributed by atoms with van der Waals surface area (Å²) in [6, 6.07) is 0. The molecular weight excluding hydrogens is 296 g/mol. The Hall–Kier alpha value is -1.60.